The molecule has 0 aromatic heterocycles. The third-order valence-electron chi connectivity index (χ3n) is 4.47. The minimum Gasteiger partial charge on any atom is -0.489 e. The van der Waals surface area contributed by atoms with E-state index in [4.69, 9.17) is 16.3 Å². The van der Waals surface area contributed by atoms with Crippen molar-refractivity contribution in [2.75, 3.05) is 31.1 Å². The summed E-state index contributed by atoms with van der Waals surface area (Å²) in [6.07, 6.45) is 0.558. The summed E-state index contributed by atoms with van der Waals surface area (Å²) in [5.74, 6) is 1.07. The second-order valence-corrected chi connectivity index (χ2v) is 7.24. The van der Waals surface area contributed by atoms with Crippen LogP contribution in [-0.4, -0.2) is 43.1 Å². The molecule has 3 rings (SSSR count). The van der Waals surface area contributed by atoms with Gasteiger partial charge >= 0.3 is 0 Å². The number of piperazine rings is 1. The Labute approximate surface area is 160 Å². The van der Waals surface area contributed by atoms with Crippen molar-refractivity contribution in [1.82, 2.24) is 4.90 Å². The molecule has 138 valence electrons. The molecular formula is C21H25ClN2O2. The zero-order chi connectivity index (χ0) is 18.5. The van der Waals surface area contributed by atoms with Crippen molar-refractivity contribution < 1.29 is 9.53 Å². The molecule has 2 aromatic rings. The van der Waals surface area contributed by atoms with Gasteiger partial charge in [-0.2, -0.15) is 0 Å². The monoisotopic (exact) mass is 372 g/mol. The molecule has 4 nitrogen and oxygen atoms in total. The van der Waals surface area contributed by atoms with E-state index < -0.39 is 0 Å². The number of nitrogens with zero attached hydrogens (tertiary/aromatic N) is 2. The van der Waals surface area contributed by atoms with Gasteiger partial charge in [0.15, 0.2) is 0 Å². The van der Waals surface area contributed by atoms with E-state index in [-0.39, 0.29) is 12.0 Å². The zero-order valence-electron chi connectivity index (χ0n) is 15.3. The number of ether oxygens (including phenoxy) is 1. The number of rotatable bonds is 5. The highest BCUT2D eigenvalue weighted by Gasteiger charge is 2.23. The SMILES string of the molecule is CC(C)Oc1ccccc1N1CCN(C(=O)Cc2ccc(Cl)cc2)CC1. The number of halogens is 1. The summed E-state index contributed by atoms with van der Waals surface area (Å²) < 4.78 is 5.93. The first-order valence-corrected chi connectivity index (χ1v) is 9.43. The van der Waals surface area contributed by atoms with Crippen LogP contribution < -0.4 is 9.64 Å². The molecule has 0 unspecified atom stereocenters. The molecule has 0 spiro atoms. The fraction of sp³-hybridized carbons (Fsp3) is 0.381. The van der Waals surface area contributed by atoms with E-state index in [9.17, 15) is 4.79 Å². The van der Waals surface area contributed by atoms with Gasteiger partial charge in [0.1, 0.15) is 5.75 Å². The number of carbonyl (C=O) groups is 1. The zero-order valence-corrected chi connectivity index (χ0v) is 16.1. The molecule has 0 saturated carbocycles. The van der Waals surface area contributed by atoms with Crippen molar-refractivity contribution >= 4 is 23.2 Å². The number of hydrogen-bond donors (Lipinski definition) is 0. The number of carbonyl (C=O) groups excluding carboxylic acids is 1. The molecule has 1 saturated heterocycles. The Morgan fingerprint density at radius 2 is 1.69 bits per heavy atom. The quantitative estimate of drug-likeness (QED) is 0.794. The molecule has 1 heterocycles. The Hall–Kier alpha value is -2.20. The number of anilines is 1. The van der Waals surface area contributed by atoms with Gasteiger partial charge in [-0.25, -0.2) is 0 Å². The minimum absolute atomic E-state index is 0.137. The van der Waals surface area contributed by atoms with Crippen LogP contribution in [0.2, 0.25) is 5.02 Å². The van der Waals surface area contributed by atoms with Gasteiger partial charge in [-0.15, -0.1) is 0 Å². The summed E-state index contributed by atoms with van der Waals surface area (Å²) in [4.78, 5) is 16.8. The summed E-state index contributed by atoms with van der Waals surface area (Å²) in [7, 11) is 0. The van der Waals surface area contributed by atoms with E-state index in [1.807, 2.05) is 61.2 Å². The first-order valence-electron chi connectivity index (χ1n) is 9.06. The molecule has 5 heteroatoms. The lowest BCUT2D eigenvalue weighted by Crippen LogP contribution is -2.49. The molecule has 2 aromatic carbocycles. The molecule has 0 bridgehead atoms. The van der Waals surface area contributed by atoms with Crippen LogP contribution in [0.25, 0.3) is 0 Å². The Bertz CT molecular complexity index is 738. The van der Waals surface area contributed by atoms with Crippen LogP contribution in [0.15, 0.2) is 48.5 Å². The normalized spacial score (nSPS) is 14.6. The van der Waals surface area contributed by atoms with E-state index >= 15 is 0 Å². The molecule has 0 aliphatic carbocycles. The van der Waals surface area contributed by atoms with Crippen LogP contribution >= 0.6 is 11.6 Å². The summed E-state index contributed by atoms with van der Waals surface area (Å²) in [5.41, 5.74) is 2.10. The minimum atomic E-state index is 0.137. The van der Waals surface area contributed by atoms with Crippen LogP contribution in [-0.2, 0) is 11.2 Å². The standard InChI is InChI=1S/C21H25ClN2O2/c1-16(2)26-20-6-4-3-5-19(20)23-11-13-24(14-12-23)21(25)15-17-7-9-18(22)10-8-17/h3-10,16H,11-15H2,1-2H3. The van der Waals surface area contributed by atoms with E-state index in [0.29, 0.717) is 11.4 Å². The summed E-state index contributed by atoms with van der Waals surface area (Å²) in [6, 6.07) is 15.6. The van der Waals surface area contributed by atoms with Crippen LogP contribution in [0.3, 0.4) is 0 Å². The van der Waals surface area contributed by atoms with Crippen molar-refractivity contribution in [3.8, 4) is 5.75 Å². The van der Waals surface area contributed by atoms with Crippen molar-refractivity contribution in [1.29, 1.82) is 0 Å². The van der Waals surface area contributed by atoms with Crippen LogP contribution in [0.1, 0.15) is 19.4 Å². The van der Waals surface area contributed by atoms with E-state index in [0.717, 1.165) is 43.2 Å². The Balaban J connectivity index is 1.59. The molecule has 1 aliphatic rings. The van der Waals surface area contributed by atoms with E-state index in [1.54, 1.807) is 0 Å². The third-order valence-corrected chi connectivity index (χ3v) is 4.72. The largest absolute Gasteiger partial charge is 0.489 e. The lowest BCUT2D eigenvalue weighted by molar-refractivity contribution is -0.130. The molecule has 1 aliphatic heterocycles. The highest BCUT2D eigenvalue weighted by atomic mass is 35.5. The predicted molar refractivity (Wildman–Crippen MR) is 106 cm³/mol. The predicted octanol–water partition coefficient (Wildman–Crippen LogP) is 4.02. The van der Waals surface area contributed by atoms with Crippen molar-refractivity contribution in [3.05, 3.63) is 59.1 Å². The maximum atomic E-state index is 12.6. The lowest BCUT2D eigenvalue weighted by atomic mass is 10.1. The molecule has 1 amide bonds. The van der Waals surface area contributed by atoms with Crippen LogP contribution in [0.5, 0.6) is 5.75 Å². The van der Waals surface area contributed by atoms with Gasteiger partial charge in [0.25, 0.3) is 0 Å². The van der Waals surface area contributed by atoms with Crippen molar-refractivity contribution in [2.24, 2.45) is 0 Å². The molecule has 26 heavy (non-hydrogen) atoms. The average Bonchev–Trinajstić information content (AvgIpc) is 2.64. The molecule has 0 radical (unpaired) electrons. The number of amides is 1. The molecule has 1 fully saturated rings. The maximum absolute atomic E-state index is 12.6. The highest BCUT2D eigenvalue weighted by molar-refractivity contribution is 6.30. The van der Waals surface area contributed by atoms with Gasteiger partial charge in [-0.05, 0) is 43.7 Å². The summed E-state index contributed by atoms with van der Waals surface area (Å²) in [5, 5.41) is 0.692. The molecule has 0 atom stereocenters. The van der Waals surface area contributed by atoms with Gasteiger partial charge in [0.2, 0.25) is 5.91 Å². The summed E-state index contributed by atoms with van der Waals surface area (Å²) >= 11 is 5.90. The number of hydrogen-bond acceptors (Lipinski definition) is 3. The van der Waals surface area contributed by atoms with Gasteiger partial charge in [0.05, 0.1) is 18.2 Å². The lowest BCUT2D eigenvalue weighted by Gasteiger charge is -2.37. The van der Waals surface area contributed by atoms with Crippen LogP contribution in [0.4, 0.5) is 5.69 Å². The molecule has 0 N–H and O–H groups in total. The number of benzene rings is 2. The molecular weight excluding hydrogens is 348 g/mol. The fourth-order valence-electron chi connectivity index (χ4n) is 3.16. The van der Waals surface area contributed by atoms with Gasteiger partial charge in [-0.3, -0.25) is 4.79 Å². The first kappa shape index (κ1) is 18.6. The highest BCUT2D eigenvalue weighted by Crippen LogP contribution is 2.29. The Morgan fingerprint density at radius 1 is 1.04 bits per heavy atom. The van der Waals surface area contributed by atoms with E-state index in [1.165, 1.54) is 0 Å². The first-order chi connectivity index (χ1) is 12.5. The third kappa shape index (κ3) is 4.70. The average molecular weight is 373 g/mol. The van der Waals surface area contributed by atoms with Crippen LogP contribution in [0, 0.1) is 0 Å². The van der Waals surface area contributed by atoms with Crippen molar-refractivity contribution in [3.63, 3.8) is 0 Å². The maximum Gasteiger partial charge on any atom is 0.227 e. The number of para-hydroxylation sites is 2. The Morgan fingerprint density at radius 3 is 2.35 bits per heavy atom. The fourth-order valence-corrected chi connectivity index (χ4v) is 3.28. The van der Waals surface area contributed by atoms with Gasteiger partial charge in [0, 0.05) is 31.2 Å². The van der Waals surface area contributed by atoms with Gasteiger partial charge < -0.3 is 14.5 Å². The smallest absolute Gasteiger partial charge is 0.227 e. The Kier molecular flexibility index (Phi) is 6.04. The van der Waals surface area contributed by atoms with Crippen molar-refractivity contribution in [2.45, 2.75) is 26.4 Å². The second-order valence-electron chi connectivity index (χ2n) is 6.81. The van der Waals surface area contributed by atoms with E-state index in [2.05, 4.69) is 11.0 Å². The summed E-state index contributed by atoms with van der Waals surface area (Å²) in [6.45, 7) is 7.13. The van der Waals surface area contributed by atoms with Gasteiger partial charge in [-0.1, -0.05) is 35.9 Å². The second kappa shape index (κ2) is 8.45. The topological polar surface area (TPSA) is 32.8 Å².